The van der Waals surface area contributed by atoms with E-state index in [1.165, 1.54) is 24.0 Å². The van der Waals surface area contributed by atoms with Gasteiger partial charge >= 0.3 is 0 Å². The van der Waals surface area contributed by atoms with E-state index in [1.807, 2.05) is 42.5 Å². The van der Waals surface area contributed by atoms with Gasteiger partial charge in [-0.2, -0.15) is 0 Å². The first kappa shape index (κ1) is 15.6. The summed E-state index contributed by atoms with van der Waals surface area (Å²) in [7, 11) is 0. The molecule has 0 saturated heterocycles. The molecule has 0 aliphatic heterocycles. The van der Waals surface area contributed by atoms with Gasteiger partial charge in [0.1, 0.15) is 5.75 Å². The number of ether oxygens (including phenoxy) is 1. The number of hydrogen-bond acceptors (Lipinski definition) is 2. The van der Waals surface area contributed by atoms with Crippen molar-refractivity contribution in [3.05, 3.63) is 65.7 Å². The SMILES string of the molecule is CCc1ccc(OCC(=O)N[C@@H](c2ccccc2)C2CC2)cc1. The Balaban J connectivity index is 1.55. The van der Waals surface area contributed by atoms with E-state index in [1.54, 1.807) is 0 Å². The standard InChI is InChI=1S/C20H23NO2/c1-2-15-8-12-18(13-9-15)23-14-19(22)21-20(17-10-11-17)16-6-4-3-5-7-16/h3-9,12-13,17,20H,2,10-11,14H2,1H3,(H,21,22)/t20-/m0/s1. The second-order valence-electron chi connectivity index (χ2n) is 6.08. The smallest absolute Gasteiger partial charge is 0.258 e. The molecular weight excluding hydrogens is 286 g/mol. The molecule has 0 radical (unpaired) electrons. The molecule has 1 aliphatic carbocycles. The molecule has 1 N–H and O–H groups in total. The maximum atomic E-state index is 12.2. The Bertz CT molecular complexity index is 632. The molecule has 2 aromatic carbocycles. The summed E-state index contributed by atoms with van der Waals surface area (Å²) < 4.78 is 5.59. The largest absolute Gasteiger partial charge is 0.484 e. The van der Waals surface area contributed by atoms with E-state index >= 15 is 0 Å². The van der Waals surface area contributed by atoms with Gasteiger partial charge in [-0.15, -0.1) is 0 Å². The Morgan fingerprint density at radius 2 is 1.83 bits per heavy atom. The zero-order chi connectivity index (χ0) is 16.1. The Morgan fingerprint density at radius 1 is 1.13 bits per heavy atom. The van der Waals surface area contributed by atoms with Gasteiger partial charge in [0.15, 0.2) is 6.61 Å². The van der Waals surface area contributed by atoms with Gasteiger partial charge in [0.2, 0.25) is 0 Å². The monoisotopic (exact) mass is 309 g/mol. The lowest BCUT2D eigenvalue weighted by Gasteiger charge is -2.19. The van der Waals surface area contributed by atoms with Gasteiger partial charge in [-0.25, -0.2) is 0 Å². The third-order valence-electron chi connectivity index (χ3n) is 4.27. The van der Waals surface area contributed by atoms with Crippen molar-refractivity contribution in [2.75, 3.05) is 6.61 Å². The molecule has 1 saturated carbocycles. The van der Waals surface area contributed by atoms with E-state index in [2.05, 4.69) is 24.4 Å². The summed E-state index contributed by atoms with van der Waals surface area (Å²) in [6.07, 6.45) is 3.36. The van der Waals surface area contributed by atoms with E-state index in [0.717, 1.165) is 12.2 Å². The highest BCUT2D eigenvalue weighted by atomic mass is 16.5. The van der Waals surface area contributed by atoms with Crippen molar-refractivity contribution in [1.29, 1.82) is 0 Å². The number of benzene rings is 2. The molecule has 120 valence electrons. The molecule has 0 heterocycles. The summed E-state index contributed by atoms with van der Waals surface area (Å²) in [6.45, 7) is 2.17. The Hall–Kier alpha value is -2.29. The topological polar surface area (TPSA) is 38.3 Å². The van der Waals surface area contributed by atoms with Crippen LogP contribution in [-0.2, 0) is 11.2 Å². The number of carbonyl (C=O) groups excluding carboxylic acids is 1. The number of amides is 1. The van der Waals surface area contributed by atoms with Gasteiger partial charge in [-0.3, -0.25) is 4.79 Å². The number of aryl methyl sites for hydroxylation is 1. The highest BCUT2D eigenvalue weighted by molar-refractivity contribution is 5.78. The third kappa shape index (κ3) is 4.35. The molecule has 0 aromatic heterocycles. The van der Waals surface area contributed by atoms with Crippen molar-refractivity contribution in [3.8, 4) is 5.75 Å². The zero-order valence-corrected chi connectivity index (χ0v) is 13.5. The fourth-order valence-corrected chi connectivity index (χ4v) is 2.75. The zero-order valence-electron chi connectivity index (χ0n) is 13.5. The molecule has 3 nitrogen and oxygen atoms in total. The quantitative estimate of drug-likeness (QED) is 0.842. The predicted molar refractivity (Wildman–Crippen MR) is 91.4 cm³/mol. The third-order valence-corrected chi connectivity index (χ3v) is 4.27. The van der Waals surface area contributed by atoms with Crippen molar-refractivity contribution < 1.29 is 9.53 Å². The maximum Gasteiger partial charge on any atom is 0.258 e. The average Bonchev–Trinajstić information content (AvgIpc) is 3.44. The van der Waals surface area contributed by atoms with Crippen molar-refractivity contribution in [3.63, 3.8) is 0 Å². The summed E-state index contributed by atoms with van der Waals surface area (Å²) in [6, 6.07) is 18.2. The van der Waals surface area contributed by atoms with E-state index in [4.69, 9.17) is 4.74 Å². The maximum absolute atomic E-state index is 12.2. The van der Waals surface area contributed by atoms with Crippen LogP contribution in [0.15, 0.2) is 54.6 Å². The van der Waals surface area contributed by atoms with E-state index in [9.17, 15) is 4.79 Å². The summed E-state index contributed by atoms with van der Waals surface area (Å²) in [4.78, 5) is 12.2. The molecule has 3 rings (SSSR count). The van der Waals surface area contributed by atoms with Gasteiger partial charge in [-0.05, 0) is 48.4 Å². The van der Waals surface area contributed by atoms with Gasteiger partial charge < -0.3 is 10.1 Å². The second kappa shape index (κ2) is 7.32. The number of rotatable bonds is 7. The first-order valence-corrected chi connectivity index (χ1v) is 8.32. The molecule has 23 heavy (non-hydrogen) atoms. The Morgan fingerprint density at radius 3 is 2.43 bits per heavy atom. The average molecular weight is 309 g/mol. The molecule has 1 aliphatic rings. The lowest BCUT2D eigenvalue weighted by atomic mass is 10.0. The highest BCUT2D eigenvalue weighted by Crippen LogP contribution is 2.40. The number of nitrogens with one attached hydrogen (secondary N) is 1. The van der Waals surface area contributed by atoms with Crippen LogP contribution in [0.1, 0.15) is 36.9 Å². The van der Waals surface area contributed by atoms with Crippen LogP contribution in [0.2, 0.25) is 0 Å². The van der Waals surface area contributed by atoms with Crippen LogP contribution in [0.4, 0.5) is 0 Å². The van der Waals surface area contributed by atoms with Crippen LogP contribution < -0.4 is 10.1 Å². The summed E-state index contributed by atoms with van der Waals surface area (Å²) >= 11 is 0. The molecule has 1 atom stereocenters. The molecule has 0 unspecified atom stereocenters. The fraction of sp³-hybridized carbons (Fsp3) is 0.350. The van der Waals surface area contributed by atoms with Crippen molar-refractivity contribution in [2.45, 2.75) is 32.2 Å². The Labute approximate surface area is 137 Å². The fourth-order valence-electron chi connectivity index (χ4n) is 2.75. The molecule has 0 spiro atoms. The Kier molecular flexibility index (Phi) is 4.96. The first-order chi connectivity index (χ1) is 11.3. The summed E-state index contributed by atoms with van der Waals surface area (Å²) in [5, 5.41) is 3.12. The number of carbonyl (C=O) groups is 1. The van der Waals surface area contributed by atoms with Gasteiger partial charge in [0.25, 0.3) is 5.91 Å². The van der Waals surface area contributed by atoms with Crippen LogP contribution in [-0.4, -0.2) is 12.5 Å². The first-order valence-electron chi connectivity index (χ1n) is 8.32. The minimum absolute atomic E-state index is 0.0571. The van der Waals surface area contributed by atoms with Gasteiger partial charge in [-0.1, -0.05) is 49.4 Å². The van der Waals surface area contributed by atoms with Crippen LogP contribution in [0.5, 0.6) is 5.75 Å². The molecule has 0 bridgehead atoms. The van der Waals surface area contributed by atoms with Crippen LogP contribution in [0.3, 0.4) is 0 Å². The van der Waals surface area contributed by atoms with Crippen molar-refractivity contribution in [1.82, 2.24) is 5.32 Å². The molecule has 2 aromatic rings. The van der Waals surface area contributed by atoms with Crippen molar-refractivity contribution in [2.24, 2.45) is 5.92 Å². The van der Waals surface area contributed by atoms with Crippen LogP contribution >= 0.6 is 0 Å². The second-order valence-corrected chi connectivity index (χ2v) is 6.08. The normalized spacial score (nSPS) is 15.0. The lowest BCUT2D eigenvalue weighted by molar-refractivity contribution is -0.124. The van der Waals surface area contributed by atoms with Gasteiger partial charge in [0.05, 0.1) is 6.04 Å². The van der Waals surface area contributed by atoms with Crippen LogP contribution in [0.25, 0.3) is 0 Å². The predicted octanol–water partition coefficient (Wildman–Crippen LogP) is 3.90. The highest BCUT2D eigenvalue weighted by Gasteiger charge is 2.33. The minimum atomic E-state index is -0.0645. The van der Waals surface area contributed by atoms with E-state index in [0.29, 0.717) is 5.92 Å². The van der Waals surface area contributed by atoms with E-state index < -0.39 is 0 Å². The van der Waals surface area contributed by atoms with Crippen molar-refractivity contribution >= 4 is 5.91 Å². The number of hydrogen-bond donors (Lipinski definition) is 1. The van der Waals surface area contributed by atoms with E-state index in [-0.39, 0.29) is 18.6 Å². The van der Waals surface area contributed by atoms with Crippen LogP contribution in [0, 0.1) is 5.92 Å². The molecular formula is C20H23NO2. The van der Waals surface area contributed by atoms with Gasteiger partial charge in [0, 0.05) is 0 Å². The summed E-state index contributed by atoms with van der Waals surface area (Å²) in [5.74, 6) is 1.23. The molecule has 1 amide bonds. The molecule has 3 heteroatoms. The minimum Gasteiger partial charge on any atom is -0.484 e. The summed E-state index contributed by atoms with van der Waals surface area (Å²) in [5.41, 5.74) is 2.44. The molecule has 1 fully saturated rings. The lowest BCUT2D eigenvalue weighted by Crippen LogP contribution is -2.33.